The fourth-order valence-electron chi connectivity index (χ4n) is 2.62. The Balaban J connectivity index is 2.18. The lowest BCUT2D eigenvalue weighted by Gasteiger charge is -2.15. The summed E-state index contributed by atoms with van der Waals surface area (Å²) >= 11 is 0. The van der Waals surface area contributed by atoms with Crippen molar-refractivity contribution < 1.29 is 8.42 Å². The van der Waals surface area contributed by atoms with Gasteiger partial charge < -0.3 is 0 Å². The van der Waals surface area contributed by atoms with E-state index in [9.17, 15) is 8.42 Å². The molecule has 3 rings (SSSR count). The summed E-state index contributed by atoms with van der Waals surface area (Å²) in [5, 5.41) is 2.25. The molecule has 0 saturated heterocycles. The average molecular weight is 372 g/mol. The standard InChI is InChI=1S/C20H21NO2S2/c1-15(2)24(20-10-6-8-17-7-4-5-9-19(17)20)21-25(22,23)18-13-11-16(3)12-14-18/h4-15H,1-3H3/t24-/m0/s1. The topological polar surface area (TPSA) is 46.5 Å². The van der Waals surface area contributed by atoms with Gasteiger partial charge in [0, 0.05) is 10.1 Å². The van der Waals surface area contributed by atoms with E-state index >= 15 is 0 Å². The molecule has 0 spiro atoms. The molecule has 0 aliphatic carbocycles. The van der Waals surface area contributed by atoms with Crippen molar-refractivity contribution in [1.82, 2.24) is 0 Å². The van der Waals surface area contributed by atoms with E-state index in [0.717, 1.165) is 21.2 Å². The van der Waals surface area contributed by atoms with E-state index in [2.05, 4.69) is 3.77 Å². The van der Waals surface area contributed by atoms with Crippen molar-refractivity contribution in [1.29, 1.82) is 0 Å². The SMILES string of the molecule is Cc1ccc(S(=O)(=O)/N=[S@](/c2cccc3ccccc23)C(C)C)cc1. The van der Waals surface area contributed by atoms with Gasteiger partial charge in [-0.15, -0.1) is 3.77 Å². The van der Waals surface area contributed by atoms with Crippen LogP contribution in [0.25, 0.3) is 10.8 Å². The van der Waals surface area contributed by atoms with Crippen LogP contribution in [0, 0.1) is 6.92 Å². The minimum atomic E-state index is -3.70. The van der Waals surface area contributed by atoms with Crippen LogP contribution in [0.1, 0.15) is 19.4 Å². The lowest BCUT2D eigenvalue weighted by molar-refractivity contribution is 0.598. The molecule has 3 nitrogen and oxygen atoms in total. The molecule has 0 aliphatic heterocycles. The maximum absolute atomic E-state index is 12.8. The first-order valence-corrected chi connectivity index (χ1v) is 10.8. The van der Waals surface area contributed by atoms with Gasteiger partial charge in [-0.2, -0.15) is 8.42 Å². The molecule has 0 aliphatic rings. The van der Waals surface area contributed by atoms with Crippen LogP contribution in [0.5, 0.6) is 0 Å². The minimum Gasteiger partial charge on any atom is -0.199 e. The van der Waals surface area contributed by atoms with Crippen molar-refractivity contribution >= 4 is 31.5 Å². The first-order chi connectivity index (χ1) is 11.9. The molecule has 0 amide bonds. The van der Waals surface area contributed by atoms with Gasteiger partial charge in [0.05, 0.1) is 4.90 Å². The summed E-state index contributed by atoms with van der Waals surface area (Å²) < 4.78 is 29.9. The fraction of sp³-hybridized carbons (Fsp3) is 0.200. The van der Waals surface area contributed by atoms with Crippen molar-refractivity contribution in [3.63, 3.8) is 0 Å². The maximum Gasteiger partial charge on any atom is 0.288 e. The lowest BCUT2D eigenvalue weighted by Crippen LogP contribution is -2.10. The summed E-state index contributed by atoms with van der Waals surface area (Å²) in [5.41, 5.74) is 1.02. The highest BCUT2D eigenvalue weighted by Gasteiger charge is 2.18. The first kappa shape index (κ1) is 17.8. The van der Waals surface area contributed by atoms with E-state index < -0.39 is 20.7 Å². The Labute approximate surface area is 151 Å². The quantitative estimate of drug-likeness (QED) is 0.640. The molecule has 130 valence electrons. The molecular weight excluding hydrogens is 350 g/mol. The highest BCUT2D eigenvalue weighted by atomic mass is 32.3. The Morgan fingerprint density at radius 1 is 0.880 bits per heavy atom. The zero-order valence-corrected chi connectivity index (χ0v) is 16.1. The van der Waals surface area contributed by atoms with Gasteiger partial charge in [-0.05, 0) is 46.6 Å². The van der Waals surface area contributed by atoms with Crippen LogP contribution in [0.3, 0.4) is 0 Å². The third-order valence-electron chi connectivity index (χ3n) is 3.92. The molecule has 1 atom stereocenters. The fourth-order valence-corrected chi connectivity index (χ4v) is 6.43. The Hall–Kier alpha value is -1.98. The summed E-state index contributed by atoms with van der Waals surface area (Å²) in [6.07, 6.45) is 0. The smallest absolute Gasteiger partial charge is 0.199 e. The van der Waals surface area contributed by atoms with Crippen LogP contribution < -0.4 is 0 Å². The van der Waals surface area contributed by atoms with Gasteiger partial charge in [0.1, 0.15) is 0 Å². The van der Waals surface area contributed by atoms with Crippen molar-refractivity contribution in [3.8, 4) is 0 Å². The number of sulfonamides is 1. The molecule has 0 heterocycles. The predicted octanol–water partition coefficient (Wildman–Crippen LogP) is 5.11. The van der Waals surface area contributed by atoms with Crippen molar-refractivity contribution in [2.75, 3.05) is 0 Å². The summed E-state index contributed by atoms with van der Waals surface area (Å²) in [5.74, 6) is 0. The zero-order valence-electron chi connectivity index (χ0n) is 14.5. The molecular formula is C20H21NO2S2. The molecule has 3 aromatic rings. The van der Waals surface area contributed by atoms with Crippen molar-refractivity contribution in [3.05, 3.63) is 72.3 Å². The number of aryl methyl sites for hydroxylation is 1. The number of nitrogens with zero attached hydrogens (tertiary/aromatic N) is 1. The minimum absolute atomic E-state index is 0.0889. The van der Waals surface area contributed by atoms with Gasteiger partial charge in [-0.25, -0.2) is 0 Å². The number of hydrogen-bond donors (Lipinski definition) is 0. The molecule has 5 heteroatoms. The third kappa shape index (κ3) is 3.83. The van der Waals surface area contributed by atoms with E-state index in [0.29, 0.717) is 0 Å². The van der Waals surface area contributed by atoms with E-state index in [1.54, 1.807) is 24.3 Å². The Bertz CT molecular complexity index is 1030. The summed E-state index contributed by atoms with van der Waals surface area (Å²) in [4.78, 5) is 1.22. The van der Waals surface area contributed by atoms with Crippen LogP contribution in [-0.2, 0) is 20.7 Å². The second-order valence-corrected chi connectivity index (χ2v) is 10.2. The van der Waals surface area contributed by atoms with Crippen molar-refractivity contribution in [2.45, 2.75) is 35.8 Å². The number of hydrogen-bond acceptors (Lipinski definition) is 2. The lowest BCUT2D eigenvalue weighted by atomic mass is 10.1. The Morgan fingerprint density at radius 3 is 2.20 bits per heavy atom. The van der Waals surface area contributed by atoms with Crippen LogP contribution in [0.4, 0.5) is 0 Å². The van der Waals surface area contributed by atoms with Crippen molar-refractivity contribution in [2.24, 2.45) is 3.77 Å². The van der Waals surface area contributed by atoms with E-state index in [1.807, 2.05) is 63.2 Å². The Morgan fingerprint density at radius 2 is 1.52 bits per heavy atom. The van der Waals surface area contributed by atoms with Crippen LogP contribution >= 0.6 is 0 Å². The number of rotatable bonds is 4. The van der Waals surface area contributed by atoms with E-state index in [4.69, 9.17) is 0 Å². The summed E-state index contributed by atoms with van der Waals surface area (Å²) in [6, 6.07) is 20.9. The van der Waals surface area contributed by atoms with E-state index in [1.165, 1.54) is 0 Å². The van der Waals surface area contributed by atoms with E-state index in [-0.39, 0.29) is 10.1 Å². The van der Waals surface area contributed by atoms with Gasteiger partial charge in [0.25, 0.3) is 10.0 Å². The molecule has 0 aromatic heterocycles. The molecule has 0 unspecified atom stereocenters. The monoisotopic (exact) mass is 371 g/mol. The third-order valence-corrected chi connectivity index (χ3v) is 7.91. The molecule has 0 saturated carbocycles. The van der Waals surface area contributed by atoms with Gasteiger partial charge in [0.2, 0.25) is 0 Å². The van der Waals surface area contributed by atoms with Crippen LogP contribution in [0.15, 0.2) is 80.3 Å². The van der Waals surface area contributed by atoms with Gasteiger partial charge >= 0.3 is 0 Å². The Kier molecular flexibility index (Phi) is 5.06. The summed E-state index contributed by atoms with van der Waals surface area (Å²) in [6.45, 7) is 5.96. The highest BCUT2D eigenvalue weighted by Crippen LogP contribution is 2.27. The zero-order chi connectivity index (χ0) is 18.0. The normalized spacial score (nSPS) is 13.4. The van der Waals surface area contributed by atoms with Crippen LogP contribution in [-0.4, -0.2) is 13.7 Å². The molecule has 0 bridgehead atoms. The van der Waals surface area contributed by atoms with Gasteiger partial charge in [0.15, 0.2) is 0 Å². The molecule has 0 radical (unpaired) electrons. The van der Waals surface area contributed by atoms with Gasteiger partial charge in [-0.3, -0.25) is 0 Å². The number of benzene rings is 3. The maximum atomic E-state index is 12.8. The largest absolute Gasteiger partial charge is 0.288 e. The predicted molar refractivity (Wildman–Crippen MR) is 106 cm³/mol. The second-order valence-electron chi connectivity index (χ2n) is 6.20. The average Bonchev–Trinajstić information content (AvgIpc) is 2.59. The second kappa shape index (κ2) is 7.10. The molecule has 25 heavy (non-hydrogen) atoms. The highest BCUT2D eigenvalue weighted by molar-refractivity contribution is 8.00. The number of fused-ring (bicyclic) bond motifs is 1. The molecule has 3 aromatic carbocycles. The molecule has 0 fully saturated rings. The summed E-state index contributed by atoms with van der Waals surface area (Å²) in [7, 11) is -4.45. The first-order valence-electron chi connectivity index (χ1n) is 8.14. The molecule has 0 N–H and O–H groups in total. The van der Waals surface area contributed by atoms with Crippen LogP contribution in [0.2, 0.25) is 0 Å². The van der Waals surface area contributed by atoms with Gasteiger partial charge in [-0.1, -0.05) is 67.9 Å².